The molecule has 0 saturated carbocycles. The fourth-order valence-corrected chi connectivity index (χ4v) is 6.37. The predicted octanol–water partition coefficient (Wildman–Crippen LogP) is 4.20. The molecule has 0 aromatic heterocycles. The van der Waals surface area contributed by atoms with Gasteiger partial charge in [0.2, 0.25) is 11.8 Å². The summed E-state index contributed by atoms with van der Waals surface area (Å²) in [5.74, 6) is -2.06. The maximum Gasteiger partial charge on any atom is 0.237 e. The summed E-state index contributed by atoms with van der Waals surface area (Å²) in [6, 6.07) is 8.67. The molecule has 1 spiro atoms. The lowest BCUT2D eigenvalue weighted by atomic mass is 9.62. The second kappa shape index (κ2) is 12.1. The van der Waals surface area contributed by atoms with Crippen LogP contribution in [0, 0.1) is 11.2 Å². The predicted molar refractivity (Wildman–Crippen MR) is 155 cm³/mol. The average molecular weight is 579 g/mol. The third-order valence-corrected chi connectivity index (χ3v) is 8.08. The molecule has 10 heteroatoms. The minimum absolute atomic E-state index is 0.0549. The summed E-state index contributed by atoms with van der Waals surface area (Å²) >= 11 is 12.5. The largest absolute Gasteiger partial charge is 0.353 e. The molecule has 0 radical (unpaired) electrons. The lowest BCUT2D eigenvalue weighted by molar-refractivity contribution is -0.123. The summed E-state index contributed by atoms with van der Waals surface area (Å²) in [7, 11) is 0. The van der Waals surface area contributed by atoms with Crippen molar-refractivity contribution >= 4 is 40.7 Å². The maximum absolute atomic E-state index is 15.8. The lowest BCUT2D eigenvalue weighted by Crippen LogP contribution is -2.49. The monoisotopic (exact) mass is 577 g/mol. The highest BCUT2D eigenvalue weighted by molar-refractivity contribution is 6.31. The Hall–Kier alpha value is -2.23. The van der Waals surface area contributed by atoms with E-state index in [2.05, 4.69) is 47.4 Å². The highest BCUT2D eigenvalue weighted by atomic mass is 35.5. The molecule has 2 aliphatic rings. The molecule has 2 heterocycles. The van der Waals surface area contributed by atoms with Crippen LogP contribution in [-0.4, -0.2) is 56.6 Å². The minimum atomic E-state index is -1.26. The molecule has 212 valence electrons. The first-order valence-electron chi connectivity index (χ1n) is 13.5. The molecule has 4 atom stereocenters. The van der Waals surface area contributed by atoms with E-state index in [0.717, 1.165) is 19.6 Å². The van der Waals surface area contributed by atoms with Gasteiger partial charge in [-0.2, -0.15) is 0 Å². The third-order valence-electron chi connectivity index (χ3n) is 7.55. The summed E-state index contributed by atoms with van der Waals surface area (Å²) in [6.45, 7) is 11.8. The van der Waals surface area contributed by atoms with Gasteiger partial charge in [-0.25, -0.2) is 4.39 Å². The molecule has 2 aliphatic heterocycles. The first kappa shape index (κ1) is 29.7. The van der Waals surface area contributed by atoms with Gasteiger partial charge >= 0.3 is 0 Å². The van der Waals surface area contributed by atoms with E-state index in [-0.39, 0.29) is 27.8 Å². The van der Waals surface area contributed by atoms with Crippen LogP contribution in [0.3, 0.4) is 0 Å². The van der Waals surface area contributed by atoms with Crippen molar-refractivity contribution in [2.24, 2.45) is 5.41 Å². The summed E-state index contributed by atoms with van der Waals surface area (Å²) in [6.07, 6.45) is 0.566. The molecule has 4 rings (SSSR count). The van der Waals surface area contributed by atoms with Crippen molar-refractivity contribution < 1.29 is 14.0 Å². The number of likely N-dealkylation sites (N-methyl/N-ethyl adjacent to an activating group) is 1. The van der Waals surface area contributed by atoms with Gasteiger partial charge in [-0.3, -0.25) is 9.59 Å². The van der Waals surface area contributed by atoms with E-state index in [4.69, 9.17) is 23.2 Å². The van der Waals surface area contributed by atoms with Gasteiger partial charge in [0, 0.05) is 48.8 Å². The fraction of sp³-hybridized carbons (Fsp3) is 0.517. The number of nitrogens with one attached hydrogen (secondary N) is 5. The maximum atomic E-state index is 15.8. The molecule has 2 amide bonds. The number of amides is 2. The Balaban J connectivity index is 1.77. The SMILES string of the molecule is CCNCCNCCNC(=O)[C@@H]1N[C@H](CC(C)(C)C)[C@]2(C(=O)Nc3cc(Cl)ccc32)[C@H]1c1cccc(Cl)c1F. The Bertz CT molecular complexity index is 1220. The zero-order chi connectivity index (χ0) is 28.4. The molecule has 0 unspecified atom stereocenters. The first-order valence-corrected chi connectivity index (χ1v) is 14.3. The van der Waals surface area contributed by atoms with E-state index in [0.29, 0.717) is 35.8 Å². The zero-order valence-corrected chi connectivity index (χ0v) is 24.4. The number of rotatable bonds is 10. The molecule has 1 fully saturated rings. The van der Waals surface area contributed by atoms with Gasteiger partial charge in [-0.1, -0.05) is 69.1 Å². The van der Waals surface area contributed by atoms with Crippen molar-refractivity contribution in [3.05, 3.63) is 63.4 Å². The first-order chi connectivity index (χ1) is 18.5. The number of anilines is 1. The standard InChI is InChI=1S/C29H38Cl2FN5O2/c1-5-33-11-12-34-13-14-35-26(38)25-23(18-7-6-8-20(31)24(18)32)29(22(37-25)16-28(2,3)4)19-10-9-17(30)15-21(19)36-27(29)39/h6-10,15,22-23,25,33-34,37H,5,11-14,16H2,1-4H3,(H,35,38)(H,36,39)/t22-,23+,25-,29+/m1/s1. The number of hydrogen-bond acceptors (Lipinski definition) is 5. The smallest absolute Gasteiger partial charge is 0.237 e. The Morgan fingerprint density at radius 1 is 1.08 bits per heavy atom. The van der Waals surface area contributed by atoms with Crippen LogP contribution in [0.5, 0.6) is 0 Å². The summed E-state index contributed by atoms with van der Waals surface area (Å²) in [4.78, 5) is 27.9. The normalized spacial score (nSPS) is 24.2. The number of halogens is 3. The topological polar surface area (TPSA) is 94.3 Å². The van der Waals surface area contributed by atoms with Crippen LogP contribution in [0.4, 0.5) is 10.1 Å². The van der Waals surface area contributed by atoms with Crippen LogP contribution in [0.1, 0.15) is 51.2 Å². The Morgan fingerprint density at radius 3 is 2.51 bits per heavy atom. The van der Waals surface area contributed by atoms with E-state index < -0.39 is 29.2 Å². The van der Waals surface area contributed by atoms with E-state index in [9.17, 15) is 9.59 Å². The van der Waals surface area contributed by atoms with E-state index in [1.165, 1.54) is 6.07 Å². The highest BCUT2D eigenvalue weighted by Crippen LogP contribution is 2.57. The second-order valence-corrected chi connectivity index (χ2v) is 12.3. The summed E-state index contributed by atoms with van der Waals surface area (Å²) < 4.78 is 15.8. The Kier molecular flexibility index (Phi) is 9.23. The number of carbonyl (C=O) groups excluding carboxylic acids is 2. The van der Waals surface area contributed by atoms with Gasteiger partial charge in [0.05, 0.1) is 11.1 Å². The van der Waals surface area contributed by atoms with Gasteiger partial charge in [-0.15, -0.1) is 0 Å². The molecule has 1 saturated heterocycles. The molecule has 7 nitrogen and oxygen atoms in total. The van der Waals surface area contributed by atoms with Crippen LogP contribution < -0.4 is 26.6 Å². The molecule has 39 heavy (non-hydrogen) atoms. The number of fused-ring (bicyclic) bond motifs is 2. The molecular formula is C29H38Cl2FN5O2. The summed E-state index contributed by atoms with van der Waals surface area (Å²) in [5.41, 5.74) is 0.0488. The minimum Gasteiger partial charge on any atom is -0.353 e. The van der Waals surface area contributed by atoms with E-state index in [1.807, 2.05) is 13.0 Å². The zero-order valence-electron chi connectivity index (χ0n) is 22.9. The van der Waals surface area contributed by atoms with Crippen LogP contribution in [-0.2, 0) is 15.0 Å². The number of carbonyl (C=O) groups is 2. The molecule has 2 aromatic carbocycles. The fourth-order valence-electron chi connectivity index (χ4n) is 6.01. The molecule has 0 aliphatic carbocycles. The van der Waals surface area contributed by atoms with Gasteiger partial charge in [0.1, 0.15) is 11.2 Å². The highest BCUT2D eigenvalue weighted by Gasteiger charge is 2.66. The second-order valence-electron chi connectivity index (χ2n) is 11.5. The average Bonchev–Trinajstić information content (AvgIpc) is 3.34. The number of benzene rings is 2. The van der Waals surface area contributed by atoms with Crippen molar-refractivity contribution in [2.75, 3.05) is 38.0 Å². The number of hydrogen-bond donors (Lipinski definition) is 5. The lowest BCUT2D eigenvalue weighted by Gasteiger charge is -2.37. The van der Waals surface area contributed by atoms with Gasteiger partial charge in [0.15, 0.2) is 0 Å². The van der Waals surface area contributed by atoms with Gasteiger partial charge < -0.3 is 26.6 Å². The van der Waals surface area contributed by atoms with Crippen molar-refractivity contribution in [1.29, 1.82) is 0 Å². The van der Waals surface area contributed by atoms with Crippen molar-refractivity contribution in [1.82, 2.24) is 21.3 Å². The van der Waals surface area contributed by atoms with Crippen LogP contribution in [0.2, 0.25) is 10.0 Å². The third kappa shape index (κ3) is 5.95. The van der Waals surface area contributed by atoms with E-state index >= 15 is 4.39 Å². The Labute approximate surface area is 240 Å². The van der Waals surface area contributed by atoms with Crippen LogP contribution in [0.25, 0.3) is 0 Å². The van der Waals surface area contributed by atoms with Crippen molar-refractivity contribution in [2.45, 2.75) is 57.5 Å². The van der Waals surface area contributed by atoms with Crippen LogP contribution >= 0.6 is 23.2 Å². The Morgan fingerprint density at radius 2 is 1.79 bits per heavy atom. The van der Waals surface area contributed by atoms with Gasteiger partial charge in [-0.05, 0) is 47.7 Å². The molecule has 0 bridgehead atoms. The molecule has 2 aromatic rings. The quantitative estimate of drug-likeness (QED) is 0.273. The van der Waals surface area contributed by atoms with Crippen molar-refractivity contribution in [3.8, 4) is 0 Å². The molecule has 5 N–H and O–H groups in total. The van der Waals surface area contributed by atoms with Crippen LogP contribution in [0.15, 0.2) is 36.4 Å². The summed E-state index contributed by atoms with van der Waals surface area (Å²) in [5, 5.41) is 16.4. The van der Waals surface area contributed by atoms with Gasteiger partial charge in [0.25, 0.3) is 0 Å². The molecular weight excluding hydrogens is 540 g/mol. The van der Waals surface area contributed by atoms with Crippen molar-refractivity contribution in [3.63, 3.8) is 0 Å². The van der Waals surface area contributed by atoms with E-state index in [1.54, 1.807) is 24.3 Å².